The summed E-state index contributed by atoms with van der Waals surface area (Å²) in [7, 11) is 0. The largest absolute Gasteiger partial charge is 0.490 e. The van der Waals surface area contributed by atoms with Gasteiger partial charge in [0.15, 0.2) is 5.84 Å². The molecule has 0 atom stereocenters. The molecule has 0 aliphatic heterocycles. The van der Waals surface area contributed by atoms with Gasteiger partial charge in [0.05, 0.1) is 5.56 Å². The number of nitrogens with zero attached hydrogens (tertiary/aromatic N) is 1. The highest BCUT2D eigenvalue weighted by Crippen LogP contribution is 2.23. The molecule has 3 N–H and O–H groups in total. The van der Waals surface area contributed by atoms with E-state index in [1.54, 1.807) is 18.2 Å². The zero-order chi connectivity index (χ0) is 11.3. The van der Waals surface area contributed by atoms with Crippen molar-refractivity contribution in [2.24, 2.45) is 10.9 Å². The van der Waals surface area contributed by atoms with Gasteiger partial charge < -0.3 is 15.7 Å². The van der Waals surface area contributed by atoms with Crippen molar-refractivity contribution in [3.63, 3.8) is 0 Å². The fraction of sp³-hybridized carbons (Fsp3) is 0.222. The van der Waals surface area contributed by atoms with Gasteiger partial charge >= 0.3 is 0 Å². The predicted molar refractivity (Wildman–Crippen MR) is 58.1 cm³/mol. The third kappa shape index (κ3) is 3.09. The molecular formula is C9H10BrFN2O2. The van der Waals surface area contributed by atoms with Gasteiger partial charge in [-0.15, -0.1) is 0 Å². The number of amidine groups is 1. The van der Waals surface area contributed by atoms with Crippen LogP contribution in [0.15, 0.2) is 27.8 Å². The molecule has 1 aromatic rings. The van der Waals surface area contributed by atoms with Crippen molar-refractivity contribution in [3.8, 4) is 5.75 Å². The summed E-state index contributed by atoms with van der Waals surface area (Å²) >= 11 is 3.24. The van der Waals surface area contributed by atoms with Gasteiger partial charge in [0, 0.05) is 4.47 Å². The van der Waals surface area contributed by atoms with E-state index in [-0.39, 0.29) is 12.4 Å². The maximum atomic E-state index is 11.9. The van der Waals surface area contributed by atoms with E-state index in [1.165, 1.54) is 0 Å². The van der Waals surface area contributed by atoms with Crippen LogP contribution in [0.5, 0.6) is 5.75 Å². The molecule has 1 rings (SSSR count). The van der Waals surface area contributed by atoms with E-state index in [9.17, 15) is 4.39 Å². The Morgan fingerprint density at radius 1 is 1.60 bits per heavy atom. The molecule has 15 heavy (non-hydrogen) atoms. The van der Waals surface area contributed by atoms with Gasteiger partial charge in [-0.1, -0.05) is 21.1 Å². The van der Waals surface area contributed by atoms with E-state index in [2.05, 4.69) is 21.1 Å². The van der Waals surface area contributed by atoms with Crippen LogP contribution in [-0.2, 0) is 0 Å². The van der Waals surface area contributed by atoms with Crippen LogP contribution < -0.4 is 10.5 Å². The summed E-state index contributed by atoms with van der Waals surface area (Å²) in [4.78, 5) is 0. The standard InChI is InChI=1S/C9H10BrFN2O2/c10-6-1-2-8(15-4-3-11)7(5-6)9(12)13-14/h1-2,5,14H,3-4H2,(H2,12,13). The van der Waals surface area contributed by atoms with Crippen LogP contribution in [0.1, 0.15) is 5.56 Å². The molecule has 0 aromatic heterocycles. The summed E-state index contributed by atoms with van der Waals surface area (Å²) < 4.78 is 17.8. The number of alkyl halides is 1. The van der Waals surface area contributed by atoms with Crippen molar-refractivity contribution in [2.75, 3.05) is 13.3 Å². The Bertz CT molecular complexity index is 371. The SMILES string of the molecule is N/C(=N/O)c1cc(Br)ccc1OCCF. The Kier molecular flexibility index (Phi) is 4.36. The third-order valence-electron chi connectivity index (χ3n) is 1.66. The van der Waals surface area contributed by atoms with Crippen LogP contribution in [0.3, 0.4) is 0 Å². The van der Waals surface area contributed by atoms with Crippen LogP contribution in [0.4, 0.5) is 4.39 Å². The molecule has 0 saturated carbocycles. The Labute approximate surface area is 94.7 Å². The summed E-state index contributed by atoms with van der Waals surface area (Å²) in [6.07, 6.45) is 0. The van der Waals surface area contributed by atoms with Crippen molar-refractivity contribution in [2.45, 2.75) is 0 Å². The molecule has 0 aliphatic rings. The fourth-order valence-electron chi connectivity index (χ4n) is 1.03. The second-order valence-electron chi connectivity index (χ2n) is 2.66. The first-order valence-electron chi connectivity index (χ1n) is 4.15. The van der Waals surface area contributed by atoms with Crippen LogP contribution in [-0.4, -0.2) is 24.3 Å². The molecule has 6 heteroatoms. The third-order valence-corrected chi connectivity index (χ3v) is 2.15. The Hall–Kier alpha value is -1.30. The van der Waals surface area contributed by atoms with Crippen molar-refractivity contribution >= 4 is 21.8 Å². The van der Waals surface area contributed by atoms with E-state index < -0.39 is 6.67 Å². The van der Waals surface area contributed by atoms with Gasteiger partial charge in [0.1, 0.15) is 19.0 Å². The molecule has 0 radical (unpaired) electrons. The summed E-state index contributed by atoms with van der Waals surface area (Å²) in [6.45, 7) is -0.654. The Morgan fingerprint density at radius 2 is 2.33 bits per heavy atom. The molecule has 4 nitrogen and oxygen atoms in total. The lowest BCUT2D eigenvalue weighted by molar-refractivity contribution is 0.272. The molecule has 0 spiro atoms. The van der Waals surface area contributed by atoms with E-state index in [4.69, 9.17) is 15.7 Å². The van der Waals surface area contributed by atoms with E-state index >= 15 is 0 Å². The number of hydrogen-bond donors (Lipinski definition) is 2. The predicted octanol–water partition coefficient (Wildman–Crippen LogP) is 1.89. The molecule has 0 aliphatic carbocycles. The highest BCUT2D eigenvalue weighted by Gasteiger charge is 2.08. The number of oxime groups is 1. The summed E-state index contributed by atoms with van der Waals surface area (Å²) in [5.41, 5.74) is 5.86. The second-order valence-corrected chi connectivity index (χ2v) is 3.58. The van der Waals surface area contributed by atoms with Crippen LogP contribution in [0.25, 0.3) is 0 Å². The minimum absolute atomic E-state index is 0.0622. The maximum absolute atomic E-state index is 11.9. The van der Waals surface area contributed by atoms with Gasteiger partial charge in [-0.3, -0.25) is 0 Å². The van der Waals surface area contributed by atoms with Crippen LogP contribution in [0.2, 0.25) is 0 Å². The molecule has 0 saturated heterocycles. The summed E-state index contributed by atoms with van der Waals surface area (Å²) in [5.74, 6) is 0.302. The number of hydrogen-bond acceptors (Lipinski definition) is 3. The normalized spacial score (nSPS) is 11.5. The first-order valence-corrected chi connectivity index (χ1v) is 4.94. The Morgan fingerprint density at radius 3 is 2.93 bits per heavy atom. The van der Waals surface area contributed by atoms with Crippen LogP contribution >= 0.6 is 15.9 Å². The fourth-order valence-corrected chi connectivity index (χ4v) is 1.39. The van der Waals surface area contributed by atoms with Gasteiger partial charge in [-0.05, 0) is 18.2 Å². The average molecular weight is 277 g/mol. The lowest BCUT2D eigenvalue weighted by atomic mass is 10.2. The Balaban J connectivity index is 3.03. The smallest absolute Gasteiger partial charge is 0.173 e. The molecule has 0 unspecified atom stereocenters. The van der Waals surface area contributed by atoms with Gasteiger partial charge in [-0.2, -0.15) is 0 Å². The van der Waals surface area contributed by atoms with Crippen LogP contribution in [0, 0.1) is 0 Å². The molecule has 1 aromatic carbocycles. The van der Waals surface area contributed by atoms with E-state index in [0.29, 0.717) is 11.3 Å². The number of ether oxygens (including phenoxy) is 1. The lowest BCUT2D eigenvalue weighted by Gasteiger charge is -2.09. The molecule has 0 amide bonds. The molecular weight excluding hydrogens is 267 g/mol. The summed E-state index contributed by atoms with van der Waals surface area (Å²) in [5, 5.41) is 11.4. The summed E-state index contributed by atoms with van der Waals surface area (Å²) in [6, 6.07) is 4.97. The van der Waals surface area contributed by atoms with Gasteiger partial charge in [0.25, 0.3) is 0 Å². The molecule has 0 fully saturated rings. The van der Waals surface area contributed by atoms with Gasteiger partial charge in [0.2, 0.25) is 0 Å². The minimum atomic E-state index is -0.592. The second kappa shape index (κ2) is 5.55. The van der Waals surface area contributed by atoms with E-state index in [1.807, 2.05) is 0 Å². The quantitative estimate of drug-likeness (QED) is 0.382. The zero-order valence-electron chi connectivity index (χ0n) is 7.78. The van der Waals surface area contributed by atoms with Crippen molar-refractivity contribution in [1.29, 1.82) is 0 Å². The highest BCUT2D eigenvalue weighted by atomic mass is 79.9. The lowest BCUT2D eigenvalue weighted by Crippen LogP contribution is -2.15. The number of halogens is 2. The average Bonchev–Trinajstić information content (AvgIpc) is 2.26. The maximum Gasteiger partial charge on any atom is 0.173 e. The highest BCUT2D eigenvalue weighted by molar-refractivity contribution is 9.10. The zero-order valence-corrected chi connectivity index (χ0v) is 9.37. The minimum Gasteiger partial charge on any atom is -0.490 e. The number of rotatable bonds is 4. The topological polar surface area (TPSA) is 67.8 Å². The number of benzene rings is 1. The van der Waals surface area contributed by atoms with Crippen molar-refractivity contribution in [3.05, 3.63) is 28.2 Å². The molecule has 0 heterocycles. The van der Waals surface area contributed by atoms with Gasteiger partial charge in [-0.25, -0.2) is 4.39 Å². The first-order chi connectivity index (χ1) is 7.19. The molecule has 82 valence electrons. The molecule has 0 bridgehead atoms. The first kappa shape index (κ1) is 11.8. The van der Waals surface area contributed by atoms with Crippen molar-refractivity contribution < 1.29 is 14.3 Å². The monoisotopic (exact) mass is 276 g/mol. The van der Waals surface area contributed by atoms with E-state index in [0.717, 1.165) is 4.47 Å². The van der Waals surface area contributed by atoms with Crippen molar-refractivity contribution in [1.82, 2.24) is 0 Å². The number of nitrogens with two attached hydrogens (primary N) is 1.